The van der Waals surface area contributed by atoms with Crippen LogP contribution in [0, 0.1) is 17.3 Å². The molecule has 3 rings (SSSR count). The SMILES string of the molecule is CC1(Cc2ccc3oc(C(=O)O)cc3c2)C#C1. The van der Waals surface area contributed by atoms with Crippen LogP contribution in [-0.2, 0) is 6.42 Å². The molecule has 0 unspecified atom stereocenters. The highest BCUT2D eigenvalue weighted by Gasteiger charge is 2.27. The second-order valence-corrected chi connectivity index (χ2v) is 4.55. The van der Waals surface area contributed by atoms with Crippen LogP contribution >= 0.6 is 0 Å². The minimum atomic E-state index is -1.04. The number of hydrogen-bond donors (Lipinski definition) is 1. The van der Waals surface area contributed by atoms with Gasteiger partial charge in [-0.3, -0.25) is 0 Å². The molecule has 0 radical (unpaired) electrons. The van der Waals surface area contributed by atoms with Gasteiger partial charge in [0, 0.05) is 5.39 Å². The third kappa shape index (κ3) is 1.78. The van der Waals surface area contributed by atoms with E-state index in [0.717, 1.165) is 17.4 Å². The van der Waals surface area contributed by atoms with Gasteiger partial charge in [0.1, 0.15) is 5.58 Å². The minimum absolute atomic E-state index is 0.0222. The van der Waals surface area contributed by atoms with Gasteiger partial charge in [0.15, 0.2) is 0 Å². The summed E-state index contributed by atoms with van der Waals surface area (Å²) in [6, 6.07) is 7.27. The summed E-state index contributed by atoms with van der Waals surface area (Å²) in [5.41, 5.74) is 1.70. The minimum Gasteiger partial charge on any atom is -0.475 e. The summed E-state index contributed by atoms with van der Waals surface area (Å²) < 4.78 is 5.20. The summed E-state index contributed by atoms with van der Waals surface area (Å²) in [5.74, 6) is 5.06. The fourth-order valence-corrected chi connectivity index (χ4v) is 1.91. The van der Waals surface area contributed by atoms with E-state index in [1.807, 2.05) is 18.2 Å². The highest BCUT2D eigenvalue weighted by molar-refractivity contribution is 5.91. The van der Waals surface area contributed by atoms with Crippen LogP contribution in [0.4, 0.5) is 0 Å². The van der Waals surface area contributed by atoms with Crippen LogP contribution in [0.2, 0.25) is 0 Å². The summed E-state index contributed by atoms with van der Waals surface area (Å²) in [6.07, 6.45) is 0.844. The van der Waals surface area contributed by atoms with E-state index >= 15 is 0 Å². The second-order valence-electron chi connectivity index (χ2n) is 4.55. The molecular weight excluding hydrogens is 216 g/mol. The summed E-state index contributed by atoms with van der Waals surface area (Å²) in [5, 5.41) is 9.66. The molecule has 3 heteroatoms. The normalized spacial score (nSPS) is 15.4. The first-order chi connectivity index (χ1) is 8.06. The van der Waals surface area contributed by atoms with Crippen LogP contribution in [0.5, 0.6) is 0 Å². The Labute approximate surface area is 98.0 Å². The van der Waals surface area contributed by atoms with Crippen LogP contribution in [0.25, 0.3) is 11.0 Å². The molecule has 0 amide bonds. The molecule has 1 heterocycles. The molecule has 17 heavy (non-hydrogen) atoms. The second kappa shape index (κ2) is 3.14. The zero-order chi connectivity index (χ0) is 12.0. The predicted octanol–water partition coefficient (Wildman–Crippen LogP) is 2.70. The summed E-state index contributed by atoms with van der Waals surface area (Å²) in [7, 11) is 0. The van der Waals surface area contributed by atoms with Crippen LogP contribution in [0.1, 0.15) is 23.0 Å². The topological polar surface area (TPSA) is 50.4 Å². The Morgan fingerprint density at radius 1 is 1.41 bits per heavy atom. The molecule has 3 nitrogen and oxygen atoms in total. The summed E-state index contributed by atoms with van der Waals surface area (Å²) >= 11 is 0. The highest BCUT2D eigenvalue weighted by atomic mass is 16.4. The Morgan fingerprint density at radius 3 is 2.82 bits per heavy atom. The maximum Gasteiger partial charge on any atom is 0.371 e. The van der Waals surface area contributed by atoms with Crippen LogP contribution in [0.15, 0.2) is 28.7 Å². The van der Waals surface area contributed by atoms with Crippen molar-refractivity contribution < 1.29 is 14.3 Å². The van der Waals surface area contributed by atoms with Gasteiger partial charge in [-0.15, -0.1) is 0 Å². The van der Waals surface area contributed by atoms with Crippen molar-refractivity contribution in [3.8, 4) is 11.8 Å². The van der Waals surface area contributed by atoms with E-state index in [4.69, 9.17) is 9.52 Å². The zero-order valence-corrected chi connectivity index (χ0v) is 9.28. The lowest BCUT2D eigenvalue weighted by molar-refractivity contribution is 0.0665. The summed E-state index contributed by atoms with van der Waals surface area (Å²) in [4.78, 5) is 10.8. The molecule has 1 aliphatic rings. The predicted molar refractivity (Wildman–Crippen MR) is 62.8 cm³/mol. The molecule has 1 aromatic carbocycles. The highest BCUT2D eigenvalue weighted by Crippen LogP contribution is 2.30. The number of carbonyl (C=O) groups is 1. The van der Waals surface area contributed by atoms with E-state index in [1.54, 1.807) is 6.07 Å². The van der Waals surface area contributed by atoms with Crippen molar-refractivity contribution >= 4 is 16.9 Å². The largest absolute Gasteiger partial charge is 0.475 e. The lowest BCUT2D eigenvalue weighted by Crippen LogP contribution is -2.02. The van der Waals surface area contributed by atoms with Crippen molar-refractivity contribution in [1.82, 2.24) is 0 Å². The first kappa shape index (κ1) is 9.98. The fourth-order valence-electron chi connectivity index (χ4n) is 1.91. The Bertz CT molecular complexity index is 674. The van der Waals surface area contributed by atoms with Gasteiger partial charge in [-0.25, -0.2) is 4.79 Å². The van der Waals surface area contributed by atoms with Crippen molar-refractivity contribution in [2.45, 2.75) is 13.3 Å². The van der Waals surface area contributed by atoms with Gasteiger partial charge in [-0.1, -0.05) is 17.9 Å². The molecule has 0 fully saturated rings. The van der Waals surface area contributed by atoms with Gasteiger partial charge in [-0.2, -0.15) is 0 Å². The van der Waals surface area contributed by atoms with E-state index in [1.165, 1.54) is 0 Å². The molecule has 0 aliphatic heterocycles. The fraction of sp³-hybridized carbons (Fsp3) is 0.214. The van der Waals surface area contributed by atoms with E-state index in [2.05, 4.69) is 18.8 Å². The standard InChI is InChI=1S/C14H10O3/c1-14(4-5-14)8-9-2-3-11-10(6-9)7-12(17-11)13(15)16/h2-3,6-7H,8H2,1H3,(H,15,16). The molecule has 1 aliphatic carbocycles. The number of carboxylic acids is 1. The van der Waals surface area contributed by atoms with Crippen molar-refractivity contribution in [2.24, 2.45) is 5.41 Å². The van der Waals surface area contributed by atoms with E-state index in [9.17, 15) is 4.79 Å². The van der Waals surface area contributed by atoms with Gasteiger partial charge in [0.2, 0.25) is 5.76 Å². The Kier molecular flexibility index (Phi) is 1.84. The average molecular weight is 226 g/mol. The monoisotopic (exact) mass is 226 g/mol. The number of fused-ring (bicyclic) bond motifs is 1. The van der Waals surface area contributed by atoms with Crippen molar-refractivity contribution in [2.75, 3.05) is 0 Å². The number of aromatic carboxylic acids is 1. The van der Waals surface area contributed by atoms with Gasteiger partial charge in [-0.05, 0) is 37.1 Å². The van der Waals surface area contributed by atoms with Gasteiger partial charge >= 0.3 is 5.97 Å². The van der Waals surface area contributed by atoms with Crippen molar-refractivity contribution in [1.29, 1.82) is 0 Å². The van der Waals surface area contributed by atoms with Gasteiger partial charge in [0.05, 0.1) is 5.41 Å². The Balaban J connectivity index is 1.97. The van der Waals surface area contributed by atoms with E-state index in [-0.39, 0.29) is 11.2 Å². The molecule has 0 bridgehead atoms. The van der Waals surface area contributed by atoms with Gasteiger partial charge < -0.3 is 9.52 Å². The molecule has 1 aromatic heterocycles. The Hall–Kier alpha value is -2.21. The third-order valence-electron chi connectivity index (χ3n) is 2.90. The van der Waals surface area contributed by atoms with E-state index in [0.29, 0.717) is 5.58 Å². The smallest absolute Gasteiger partial charge is 0.371 e. The molecule has 2 aromatic rings. The van der Waals surface area contributed by atoms with Crippen LogP contribution in [-0.4, -0.2) is 11.1 Å². The van der Waals surface area contributed by atoms with Crippen molar-refractivity contribution in [3.05, 3.63) is 35.6 Å². The Morgan fingerprint density at radius 2 is 2.18 bits per heavy atom. The first-order valence-electron chi connectivity index (χ1n) is 5.36. The average Bonchev–Trinajstić information content (AvgIpc) is 2.84. The number of rotatable bonds is 3. The maximum atomic E-state index is 10.8. The van der Waals surface area contributed by atoms with Crippen molar-refractivity contribution in [3.63, 3.8) is 0 Å². The molecular formula is C14H10O3. The number of furan rings is 1. The number of hydrogen-bond acceptors (Lipinski definition) is 2. The third-order valence-corrected chi connectivity index (χ3v) is 2.90. The molecule has 84 valence electrons. The van der Waals surface area contributed by atoms with Crippen LogP contribution < -0.4 is 0 Å². The van der Waals surface area contributed by atoms with Crippen LogP contribution in [0.3, 0.4) is 0 Å². The quantitative estimate of drug-likeness (QED) is 0.818. The summed E-state index contributed by atoms with van der Waals surface area (Å²) in [6.45, 7) is 2.06. The number of benzene rings is 1. The molecule has 0 spiro atoms. The molecule has 0 saturated heterocycles. The maximum absolute atomic E-state index is 10.8. The first-order valence-corrected chi connectivity index (χ1v) is 5.36. The molecule has 1 N–H and O–H groups in total. The number of carboxylic acid groups (broad SMARTS) is 1. The van der Waals surface area contributed by atoms with E-state index < -0.39 is 5.97 Å². The lowest BCUT2D eigenvalue weighted by atomic mass is 9.95. The molecule has 0 saturated carbocycles. The van der Waals surface area contributed by atoms with Gasteiger partial charge in [0.25, 0.3) is 0 Å². The zero-order valence-electron chi connectivity index (χ0n) is 9.28. The lowest BCUT2D eigenvalue weighted by Gasteiger charge is -2.06. The molecule has 0 atom stereocenters.